The van der Waals surface area contributed by atoms with Gasteiger partial charge < -0.3 is 14.6 Å². The molecule has 0 saturated carbocycles. The Morgan fingerprint density at radius 3 is 2.89 bits per heavy atom. The molecule has 1 N–H and O–H groups in total. The molecule has 0 amide bonds. The highest BCUT2D eigenvalue weighted by Gasteiger charge is 2.23. The minimum atomic E-state index is -0.0698. The molecule has 3 nitrogen and oxygen atoms in total. The number of allylic oxidation sites excluding steroid dienone is 1. The third-order valence-electron chi connectivity index (χ3n) is 3.16. The van der Waals surface area contributed by atoms with Crippen molar-refractivity contribution in [1.29, 1.82) is 0 Å². The van der Waals surface area contributed by atoms with Gasteiger partial charge in [0.05, 0.1) is 7.11 Å². The lowest BCUT2D eigenvalue weighted by Crippen LogP contribution is -2.22. The van der Waals surface area contributed by atoms with Gasteiger partial charge in [-0.15, -0.1) is 0 Å². The monoisotopic (exact) mass is 242 g/mol. The largest absolute Gasteiger partial charge is 0.508 e. The predicted molar refractivity (Wildman–Crippen MR) is 69.5 cm³/mol. The van der Waals surface area contributed by atoms with Crippen molar-refractivity contribution in [3.05, 3.63) is 52.8 Å². The van der Waals surface area contributed by atoms with E-state index in [1.165, 1.54) is 0 Å². The fourth-order valence-electron chi connectivity index (χ4n) is 2.30. The summed E-state index contributed by atoms with van der Waals surface area (Å²) >= 11 is 0. The van der Waals surface area contributed by atoms with E-state index >= 15 is 0 Å². The minimum Gasteiger partial charge on any atom is -0.508 e. The van der Waals surface area contributed by atoms with E-state index in [1.54, 1.807) is 19.2 Å². The van der Waals surface area contributed by atoms with Gasteiger partial charge >= 0.3 is 0 Å². The normalized spacial score (nSPS) is 20.2. The molecule has 18 heavy (non-hydrogen) atoms. The molecule has 1 aliphatic heterocycles. The van der Waals surface area contributed by atoms with Gasteiger partial charge in [0.1, 0.15) is 23.4 Å². The first kappa shape index (κ1) is 11.0. The number of ether oxygens (including phenoxy) is 2. The van der Waals surface area contributed by atoms with Crippen molar-refractivity contribution in [3.8, 4) is 11.5 Å². The van der Waals surface area contributed by atoms with Crippen LogP contribution in [0.15, 0.2) is 41.7 Å². The van der Waals surface area contributed by atoms with Crippen molar-refractivity contribution in [1.82, 2.24) is 0 Å². The minimum absolute atomic E-state index is 0.0698. The van der Waals surface area contributed by atoms with Crippen LogP contribution in [0.5, 0.6) is 11.5 Å². The molecule has 0 saturated heterocycles. The summed E-state index contributed by atoms with van der Waals surface area (Å²) in [5, 5.41) is 9.62. The Hall–Kier alpha value is -2.16. The summed E-state index contributed by atoms with van der Waals surface area (Å²) in [5.41, 5.74) is 2.88. The topological polar surface area (TPSA) is 38.7 Å². The first-order chi connectivity index (χ1) is 8.67. The highest BCUT2D eigenvalue weighted by Crippen LogP contribution is 2.37. The number of phenols is 1. The second-order valence-corrected chi connectivity index (χ2v) is 4.47. The molecule has 0 aromatic heterocycles. The fourth-order valence-corrected chi connectivity index (χ4v) is 2.30. The van der Waals surface area contributed by atoms with Gasteiger partial charge in [0, 0.05) is 11.1 Å². The average Bonchev–Trinajstić information content (AvgIpc) is 2.36. The first-order valence-corrected chi connectivity index (χ1v) is 5.83. The second kappa shape index (κ2) is 3.95. The average molecular weight is 242 g/mol. The quantitative estimate of drug-likeness (QED) is 0.822. The Kier molecular flexibility index (Phi) is 2.40. The molecule has 1 heterocycles. The number of fused-ring (bicyclic) bond motifs is 2. The molecule has 0 fully saturated rings. The molecule has 1 aromatic carbocycles. The fraction of sp³-hybridized carbons (Fsp3) is 0.200. The van der Waals surface area contributed by atoms with Crippen molar-refractivity contribution in [2.75, 3.05) is 7.11 Å². The van der Waals surface area contributed by atoms with Gasteiger partial charge in [0.25, 0.3) is 0 Å². The van der Waals surface area contributed by atoms with E-state index in [9.17, 15) is 5.11 Å². The van der Waals surface area contributed by atoms with Crippen LogP contribution in [0, 0.1) is 6.92 Å². The highest BCUT2D eigenvalue weighted by molar-refractivity contribution is 5.70. The Morgan fingerprint density at radius 2 is 2.11 bits per heavy atom. The lowest BCUT2D eigenvalue weighted by molar-refractivity contribution is 0.268. The Balaban J connectivity index is 2.11. The molecule has 1 aromatic rings. The lowest BCUT2D eigenvalue weighted by atomic mass is 9.96. The number of rotatable bonds is 1. The third-order valence-corrected chi connectivity index (χ3v) is 3.16. The number of hydrogen-bond acceptors (Lipinski definition) is 3. The first-order valence-electron chi connectivity index (χ1n) is 5.83. The summed E-state index contributed by atoms with van der Waals surface area (Å²) in [6.45, 7) is 1.93. The maximum absolute atomic E-state index is 9.62. The summed E-state index contributed by atoms with van der Waals surface area (Å²) < 4.78 is 11.2. The zero-order chi connectivity index (χ0) is 12.7. The third kappa shape index (κ3) is 1.68. The number of aryl methyl sites for hydroxylation is 1. The van der Waals surface area contributed by atoms with Crippen LogP contribution < -0.4 is 4.74 Å². The van der Waals surface area contributed by atoms with Crippen LogP contribution in [-0.4, -0.2) is 18.3 Å². The van der Waals surface area contributed by atoms with Gasteiger partial charge in [-0.2, -0.15) is 0 Å². The molecular formula is C15H14O3. The second-order valence-electron chi connectivity index (χ2n) is 4.47. The Bertz CT molecular complexity index is 594. The molecule has 0 bridgehead atoms. The van der Waals surface area contributed by atoms with E-state index < -0.39 is 0 Å². The van der Waals surface area contributed by atoms with E-state index in [-0.39, 0.29) is 11.9 Å². The molecule has 0 radical (unpaired) electrons. The zero-order valence-corrected chi connectivity index (χ0v) is 10.3. The summed E-state index contributed by atoms with van der Waals surface area (Å²) in [5.74, 6) is 1.90. The summed E-state index contributed by atoms with van der Waals surface area (Å²) in [6, 6.07) is 3.42. The van der Waals surface area contributed by atoms with Crippen LogP contribution >= 0.6 is 0 Å². The van der Waals surface area contributed by atoms with Crippen molar-refractivity contribution in [2.24, 2.45) is 0 Å². The van der Waals surface area contributed by atoms with E-state index in [0.29, 0.717) is 0 Å². The van der Waals surface area contributed by atoms with Crippen molar-refractivity contribution in [2.45, 2.75) is 13.0 Å². The molecule has 3 heteroatoms. The molecule has 3 rings (SSSR count). The van der Waals surface area contributed by atoms with Crippen LogP contribution in [0.1, 0.15) is 11.1 Å². The molecule has 1 aliphatic carbocycles. The van der Waals surface area contributed by atoms with Crippen LogP contribution in [0.3, 0.4) is 0 Å². The molecule has 2 aliphatic rings. The SMILES string of the molecule is COC1=CC2=Cc3cc(O)cc(C)c3OC2C=C1. The van der Waals surface area contributed by atoms with E-state index in [1.807, 2.05) is 31.2 Å². The molecule has 92 valence electrons. The van der Waals surface area contributed by atoms with Crippen LogP contribution in [0.25, 0.3) is 6.08 Å². The van der Waals surface area contributed by atoms with Gasteiger partial charge in [0.15, 0.2) is 0 Å². The van der Waals surface area contributed by atoms with E-state index in [2.05, 4.69) is 0 Å². The van der Waals surface area contributed by atoms with Crippen molar-refractivity contribution < 1.29 is 14.6 Å². The molecular weight excluding hydrogens is 228 g/mol. The maximum Gasteiger partial charge on any atom is 0.143 e. The summed E-state index contributed by atoms with van der Waals surface area (Å²) in [7, 11) is 1.64. The Labute approximate surface area is 106 Å². The van der Waals surface area contributed by atoms with Crippen molar-refractivity contribution in [3.63, 3.8) is 0 Å². The zero-order valence-electron chi connectivity index (χ0n) is 10.3. The predicted octanol–water partition coefficient (Wildman–Crippen LogP) is 2.95. The van der Waals surface area contributed by atoms with Gasteiger partial charge in [0.2, 0.25) is 0 Å². The maximum atomic E-state index is 9.62. The van der Waals surface area contributed by atoms with Crippen molar-refractivity contribution >= 4 is 6.08 Å². The van der Waals surface area contributed by atoms with Crippen LogP contribution in [-0.2, 0) is 4.74 Å². The van der Waals surface area contributed by atoms with Crippen LogP contribution in [0.2, 0.25) is 0 Å². The smallest absolute Gasteiger partial charge is 0.143 e. The van der Waals surface area contributed by atoms with Gasteiger partial charge in [-0.25, -0.2) is 0 Å². The summed E-state index contributed by atoms with van der Waals surface area (Å²) in [4.78, 5) is 0. The van der Waals surface area contributed by atoms with Gasteiger partial charge in [-0.3, -0.25) is 0 Å². The van der Waals surface area contributed by atoms with Crippen LogP contribution in [0.4, 0.5) is 0 Å². The highest BCUT2D eigenvalue weighted by atomic mass is 16.5. The number of methoxy groups -OCH3 is 1. The number of phenolic OH excluding ortho intramolecular Hbond substituents is 1. The molecule has 0 spiro atoms. The summed E-state index contributed by atoms with van der Waals surface area (Å²) in [6.07, 6.45) is 7.79. The number of aromatic hydroxyl groups is 1. The number of benzene rings is 1. The van der Waals surface area contributed by atoms with Gasteiger partial charge in [-0.1, -0.05) is 0 Å². The number of hydrogen-bond donors (Lipinski definition) is 1. The Morgan fingerprint density at radius 1 is 1.28 bits per heavy atom. The standard InChI is InChI=1S/C15H14O3/c1-9-5-12(16)7-11-6-10-8-13(17-2)3-4-14(10)18-15(9)11/h3-8,14,16H,1-2H3. The van der Waals surface area contributed by atoms with E-state index in [0.717, 1.165) is 28.2 Å². The molecule has 1 atom stereocenters. The van der Waals surface area contributed by atoms with Gasteiger partial charge in [-0.05, 0) is 48.9 Å². The molecule has 1 unspecified atom stereocenters. The lowest BCUT2D eigenvalue weighted by Gasteiger charge is -2.27. The van der Waals surface area contributed by atoms with E-state index in [4.69, 9.17) is 9.47 Å².